The van der Waals surface area contributed by atoms with Gasteiger partial charge in [0.1, 0.15) is 0 Å². The predicted molar refractivity (Wildman–Crippen MR) is 93.3 cm³/mol. The fraction of sp³-hybridized carbons (Fsp3) is 0.588. The minimum atomic E-state index is -3.62. The maximum Gasteiger partial charge on any atom is 0.240 e. The molecule has 0 radical (unpaired) electrons. The summed E-state index contributed by atoms with van der Waals surface area (Å²) in [5.74, 6) is 0.128. The van der Waals surface area contributed by atoms with Crippen LogP contribution in [0.15, 0.2) is 23.1 Å². The van der Waals surface area contributed by atoms with Gasteiger partial charge in [0.25, 0.3) is 0 Å². The van der Waals surface area contributed by atoms with Crippen molar-refractivity contribution in [3.8, 4) is 0 Å². The molecule has 7 heteroatoms. The lowest BCUT2D eigenvalue weighted by molar-refractivity contribution is -0.116. The second-order valence-corrected chi connectivity index (χ2v) is 8.43. The minimum Gasteiger partial charge on any atom is -0.330 e. The highest BCUT2D eigenvalue weighted by molar-refractivity contribution is 7.89. The number of hydrogen-bond acceptors (Lipinski definition) is 4. The van der Waals surface area contributed by atoms with Gasteiger partial charge < -0.3 is 10.6 Å². The first-order valence-electron chi connectivity index (χ1n) is 8.56. The summed E-state index contributed by atoms with van der Waals surface area (Å²) in [6.45, 7) is 2.61. The summed E-state index contributed by atoms with van der Waals surface area (Å²) in [6.07, 6.45) is 4.68. The van der Waals surface area contributed by atoms with Crippen molar-refractivity contribution in [3.63, 3.8) is 0 Å². The summed E-state index contributed by atoms with van der Waals surface area (Å²) in [5.41, 5.74) is 7.53. The first kappa shape index (κ1) is 17.4. The molecule has 1 aliphatic carbocycles. The highest BCUT2D eigenvalue weighted by atomic mass is 32.2. The van der Waals surface area contributed by atoms with Gasteiger partial charge in [-0.25, -0.2) is 13.1 Å². The maximum atomic E-state index is 12.8. The molecule has 0 aromatic heterocycles. The van der Waals surface area contributed by atoms with Crippen molar-refractivity contribution in [1.29, 1.82) is 0 Å². The van der Waals surface area contributed by atoms with Crippen molar-refractivity contribution in [2.24, 2.45) is 11.7 Å². The van der Waals surface area contributed by atoms with Crippen molar-refractivity contribution in [3.05, 3.63) is 23.8 Å². The van der Waals surface area contributed by atoms with Gasteiger partial charge in [-0.1, -0.05) is 18.9 Å². The Morgan fingerprint density at radius 2 is 2.08 bits per heavy atom. The zero-order valence-electron chi connectivity index (χ0n) is 14.0. The van der Waals surface area contributed by atoms with Crippen LogP contribution in [0.1, 0.15) is 38.2 Å². The number of fused-ring (bicyclic) bond motifs is 1. The molecular formula is C17H25N3O3S. The molecular weight excluding hydrogens is 326 g/mol. The third-order valence-corrected chi connectivity index (χ3v) is 6.65. The number of hydrogen-bond donors (Lipinski definition) is 2. The Morgan fingerprint density at radius 1 is 1.33 bits per heavy atom. The molecule has 0 unspecified atom stereocenters. The van der Waals surface area contributed by atoms with Crippen LogP contribution in [0, 0.1) is 5.92 Å². The molecule has 2 atom stereocenters. The highest BCUT2D eigenvalue weighted by Gasteiger charge is 2.30. The average Bonchev–Trinajstić information content (AvgIpc) is 2.98. The van der Waals surface area contributed by atoms with Crippen molar-refractivity contribution in [2.45, 2.75) is 50.0 Å². The van der Waals surface area contributed by atoms with Gasteiger partial charge in [0, 0.05) is 25.2 Å². The second kappa shape index (κ2) is 6.82. The summed E-state index contributed by atoms with van der Waals surface area (Å²) < 4.78 is 28.4. The van der Waals surface area contributed by atoms with Crippen LogP contribution in [-0.4, -0.2) is 33.5 Å². The normalized spacial score (nSPS) is 24.0. The summed E-state index contributed by atoms with van der Waals surface area (Å²) in [7, 11) is -3.62. The highest BCUT2D eigenvalue weighted by Crippen LogP contribution is 2.31. The molecule has 3 N–H and O–H groups in total. The fourth-order valence-electron chi connectivity index (χ4n) is 3.77. The first-order chi connectivity index (χ1) is 11.4. The van der Waals surface area contributed by atoms with E-state index in [1.54, 1.807) is 17.0 Å². The summed E-state index contributed by atoms with van der Waals surface area (Å²) in [6, 6.07) is 4.96. The van der Waals surface area contributed by atoms with Crippen LogP contribution < -0.4 is 15.4 Å². The van der Waals surface area contributed by atoms with E-state index in [1.165, 1.54) is 6.92 Å². The number of rotatable bonds is 4. The Kier molecular flexibility index (Phi) is 4.94. The standard InChI is InChI=1S/C17H25N3O3S/c1-12(21)20-9-8-13-6-7-15(10-17(13)20)24(22,23)19-16-5-3-2-4-14(16)11-18/h6-7,10,14,16,19H,2-5,8-9,11,18H2,1H3/t14-,16-/m0/s1. The average molecular weight is 351 g/mol. The molecule has 1 aromatic carbocycles. The van der Waals surface area contributed by atoms with Crippen LogP contribution >= 0.6 is 0 Å². The minimum absolute atomic E-state index is 0.0632. The van der Waals surface area contributed by atoms with Crippen LogP contribution in [0.3, 0.4) is 0 Å². The topological polar surface area (TPSA) is 92.5 Å². The van der Waals surface area contributed by atoms with Crippen molar-refractivity contribution in [2.75, 3.05) is 18.0 Å². The lowest BCUT2D eigenvalue weighted by Crippen LogP contribution is -2.44. The maximum absolute atomic E-state index is 12.8. The van der Waals surface area contributed by atoms with Gasteiger partial charge in [0.05, 0.1) is 4.90 Å². The van der Waals surface area contributed by atoms with E-state index in [2.05, 4.69) is 4.72 Å². The van der Waals surface area contributed by atoms with Gasteiger partial charge in [0.15, 0.2) is 0 Å². The molecule has 0 spiro atoms. The Labute approximate surface area is 143 Å². The lowest BCUT2D eigenvalue weighted by atomic mass is 9.85. The van der Waals surface area contributed by atoms with E-state index >= 15 is 0 Å². The molecule has 2 aliphatic rings. The van der Waals surface area contributed by atoms with E-state index in [1.807, 2.05) is 6.07 Å². The molecule has 24 heavy (non-hydrogen) atoms. The van der Waals surface area contributed by atoms with Crippen molar-refractivity contribution >= 4 is 21.6 Å². The number of carbonyl (C=O) groups excluding carboxylic acids is 1. The molecule has 132 valence electrons. The Morgan fingerprint density at radius 3 is 2.79 bits per heavy atom. The van der Waals surface area contributed by atoms with Gasteiger partial charge in [-0.2, -0.15) is 0 Å². The monoisotopic (exact) mass is 351 g/mol. The molecule has 1 aromatic rings. The van der Waals surface area contributed by atoms with Crippen LogP contribution in [0.2, 0.25) is 0 Å². The number of nitrogens with zero attached hydrogens (tertiary/aromatic N) is 1. The molecule has 1 saturated carbocycles. The predicted octanol–water partition coefficient (Wildman–Crippen LogP) is 1.39. The number of sulfonamides is 1. The zero-order chi connectivity index (χ0) is 17.3. The summed E-state index contributed by atoms with van der Waals surface area (Å²) in [5, 5.41) is 0. The number of amides is 1. The number of nitrogens with one attached hydrogen (secondary N) is 1. The number of nitrogens with two attached hydrogens (primary N) is 1. The summed E-state index contributed by atoms with van der Waals surface area (Å²) >= 11 is 0. The molecule has 0 saturated heterocycles. The first-order valence-corrected chi connectivity index (χ1v) is 10.0. The van der Waals surface area contributed by atoms with Gasteiger partial charge in [-0.15, -0.1) is 0 Å². The second-order valence-electron chi connectivity index (χ2n) is 6.72. The largest absolute Gasteiger partial charge is 0.330 e. The lowest BCUT2D eigenvalue weighted by Gasteiger charge is -2.31. The van der Waals surface area contributed by atoms with Crippen LogP contribution in [0.4, 0.5) is 5.69 Å². The van der Waals surface area contributed by atoms with Crippen LogP contribution in [0.25, 0.3) is 0 Å². The van der Waals surface area contributed by atoms with E-state index in [9.17, 15) is 13.2 Å². The van der Waals surface area contributed by atoms with E-state index in [0.29, 0.717) is 18.8 Å². The number of anilines is 1. The third-order valence-electron chi connectivity index (χ3n) is 5.16. The van der Waals surface area contributed by atoms with Gasteiger partial charge in [0.2, 0.25) is 15.9 Å². The SMILES string of the molecule is CC(=O)N1CCc2ccc(S(=O)(=O)N[C@H]3CCCC[C@H]3CN)cc21. The quantitative estimate of drug-likeness (QED) is 0.857. The number of carbonyl (C=O) groups is 1. The molecule has 1 fully saturated rings. The Hall–Kier alpha value is -1.44. The molecule has 1 amide bonds. The Balaban J connectivity index is 1.85. The van der Waals surface area contributed by atoms with Gasteiger partial charge in [-0.05, 0) is 49.4 Å². The molecule has 6 nitrogen and oxygen atoms in total. The van der Waals surface area contributed by atoms with Crippen molar-refractivity contribution < 1.29 is 13.2 Å². The van der Waals surface area contributed by atoms with Crippen molar-refractivity contribution in [1.82, 2.24) is 4.72 Å². The van der Waals surface area contributed by atoms with E-state index in [4.69, 9.17) is 5.73 Å². The Bertz CT molecular complexity index is 733. The van der Waals surface area contributed by atoms with Crippen LogP contribution in [-0.2, 0) is 21.2 Å². The third kappa shape index (κ3) is 3.34. The molecule has 0 bridgehead atoms. The molecule has 3 rings (SSSR count). The molecule has 1 aliphatic heterocycles. The number of benzene rings is 1. The molecule has 1 heterocycles. The van der Waals surface area contributed by atoms with E-state index in [0.717, 1.165) is 37.7 Å². The zero-order valence-corrected chi connectivity index (χ0v) is 14.8. The van der Waals surface area contributed by atoms with Gasteiger partial charge in [-0.3, -0.25) is 4.79 Å². The van der Waals surface area contributed by atoms with Crippen LogP contribution in [0.5, 0.6) is 0 Å². The summed E-state index contributed by atoms with van der Waals surface area (Å²) in [4.78, 5) is 13.6. The van der Waals surface area contributed by atoms with E-state index < -0.39 is 10.0 Å². The van der Waals surface area contributed by atoms with Gasteiger partial charge >= 0.3 is 0 Å². The van der Waals surface area contributed by atoms with E-state index in [-0.39, 0.29) is 22.8 Å². The smallest absolute Gasteiger partial charge is 0.240 e. The fourth-order valence-corrected chi connectivity index (χ4v) is 5.12.